The van der Waals surface area contributed by atoms with Gasteiger partial charge in [0.1, 0.15) is 0 Å². The minimum atomic E-state index is -0.307. The van der Waals surface area contributed by atoms with Crippen LogP contribution in [0.1, 0.15) is 45.1 Å². The van der Waals surface area contributed by atoms with E-state index in [9.17, 15) is 14.4 Å². The third-order valence-corrected chi connectivity index (χ3v) is 4.61. The molecule has 142 valence electrons. The predicted molar refractivity (Wildman–Crippen MR) is 99.6 cm³/mol. The number of nitrogens with one attached hydrogen (secondary N) is 1. The lowest BCUT2D eigenvalue weighted by molar-refractivity contribution is -0.146. The molecule has 2 amide bonds. The molecule has 0 saturated carbocycles. The van der Waals surface area contributed by atoms with Gasteiger partial charge in [0.05, 0.1) is 13.0 Å². The molecule has 26 heavy (non-hydrogen) atoms. The topological polar surface area (TPSA) is 75.7 Å². The number of ether oxygens (including phenoxy) is 1. The highest BCUT2D eigenvalue weighted by atomic mass is 16.5. The first-order chi connectivity index (χ1) is 12.5. The van der Waals surface area contributed by atoms with E-state index in [1.165, 1.54) is 12.5 Å². The number of hydrogen-bond acceptors (Lipinski definition) is 4. The zero-order chi connectivity index (χ0) is 18.9. The molecule has 0 atom stereocenters. The maximum atomic E-state index is 12.2. The van der Waals surface area contributed by atoms with E-state index in [0.717, 1.165) is 38.0 Å². The van der Waals surface area contributed by atoms with Crippen LogP contribution in [-0.2, 0) is 25.5 Å². The zero-order valence-electron chi connectivity index (χ0n) is 15.6. The molecule has 1 N–H and O–H groups in total. The number of piperidine rings is 1. The standard InChI is InChI=1S/C20H28N2O4/c1-3-26-20(25)9-8-19(24)22-12-10-17(11-13-22)14-16-4-6-18(7-5-16)21-15(2)23/h4-7,17H,3,8-14H2,1-2H3,(H,21,23). The largest absolute Gasteiger partial charge is 0.466 e. The fourth-order valence-corrected chi connectivity index (χ4v) is 3.25. The Labute approximate surface area is 154 Å². The number of carbonyl (C=O) groups excluding carboxylic acids is 3. The van der Waals surface area contributed by atoms with Crippen molar-refractivity contribution in [3.63, 3.8) is 0 Å². The van der Waals surface area contributed by atoms with Crippen molar-refractivity contribution in [2.45, 2.75) is 46.0 Å². The molecule has 1 fully saturated rings. The number of anilines is 1. The van der Waals surface area contributed by atoms with Crippen molar-refractivity contribution in [3.8, 4) is 0 Å². The molecule has 6 heteroatoms. The molecule has 0 radical (unpaired) electrons. The molecular weight excluding hydrogens is 332 g/mol. The summed E-state index contributed by atoms with van der Waals surface area (Å²) in [5.74, 6) is 0.211. The van der Waals surface area contributed by atoms with Gasteiger partial charge in [-0.3, -0.25) is 14.4 Å². The average molecular weight is 360 g/mol. The lowest BCUT2D eigenvalue weighted by atomic mass is 9.90. The number of carbonyl (C=O) groups is 3. The summed E-state index contributed by atoms with van der Waals surface area (Å²) in [7, 11) is 0. The number of amides is 2. The van der Waals surface area contributed by atoms with Gasteiger partial charge in [0.2, 0.25) is 11.8 Å². The van der Waals surface area contributed by atoms with Gasteiger partial charge >= 0.3 is 5.97 Å². The van der Waals surface area contributed by atoms with Gasteiger partial charge in [-0.15, -0.1) is 0 Å². The number of nitrogens with zero attached hydrogens (tertiary/aromatic N) is 1. The summed E-state index contributed by atoms with van der Waals surface area (Å²) < 4.78 is 4.86. The molecule has 1 saturated heterocycles. The van der Waals surface area contributed by atoms with Crippen LogP contribution in [0.2, 0.25) is 0 Å². The highest BCUT2D eigenvalue weighted by Crippen LogP contribution is 2.23. The summed E-state index contributed by atoms with van der Waals surface area (Å²) in [4.78, 5) is 36.4. The predicted octanol–water partition coefficient (Wildman–Crippen LogP) is 2.77. The van der Waals surface area contributed by atoms with Crippen molar-refractivity contribution in [2.75, 3.05) is 25.0 Å². The summed E-state index contributed by atoms with van der Waals surface area (Å²) >= 11 is 0. The first-order valence-corrected chi connectivity index (χ1v) is 9.28. The van der Waals surface area contributed by atoms with Crippen molar-refractivity contribution in [2.24, 2.45) is 5.92 Å². The summed E-state index contributed by atoms with van der Waals surface area (Å²) in [6.07, 6.45) is 3.31. The van der Waals surface area contributed by atoms with Gasteiger partial charge in [0, 0.05) is 32.1 Å². The molecule has 0 spiro atoms. The van der Waals surface area contributed by atoms with E-state index in [4.69, 9.17) is 4.74 Å². The Hall–Kier alpha value is -2.37. The van der Waals surface area contributed by atoms with Crippen LogP contribution < -0.4 is 5.32 Å². The van der Waals surface area contributed by atoms with Gasteiger partial charge in [0.25, 0.3) is 0 Å². The number of benzene rings is 1. The van der Waals surface area contributed by atoms with E-state index in [-0.39, 0.29) is 30.6 Å². The van der Waals surface area contributed by atoms with Crippen molar-refractivity contribution in [3.05, 3.63) is 29.8 Å². The molecule has 0 aromatic heterocycles. The van der Waals surface area contributed by atoms with Crippen molar-refractivity contribution >= 4 is 23.5 Å². The Morgan fingerprint density at radius 1 is 1.12 bits per heavy atom. The minimum absolute atomic E-state index is 0.0381. The van der Waals surface area contributed by atoms with Crippen molar-refractivity contribution < 1.29 is 19.1 Å². The molecule has 1 aromatic carbocycles. The van der Waals surface area contributed by atoms with Gasteiger partial charge < -0.3 is 15.0 Å². The fraction of sp³-hybridized carbons (Fsp3) is 0.550. The summed E-state index contributed by atoms with van der Waals surface area (Å²) in [5.41, 5.74) is 2.05. The molecule has 1 aromatic rings. The van der Waals surface area contributed by atoms with Gasteiger partial charge in [-0.25, -0.2) is 0 Å². The van der Waals surface area contributed by atoms with Crippen LogP contribution >= 0.6 is 0 Å². The second kappa shape index (κ2) is 9.94. The van der Waals surface area contributed by atoms with Crippen LogP contribution in [0, 0.1) is 5.92 Å². The monoisotopic (exact) mass is 360 g/mol. The van der Waals surface area contributed by atoms with Crippen LogP contribution in [0.4, 0.5) is 5.69 Å². The first-order valence-electron chi connectivity index (χ1n) is 9.28. The molecule has 1 aliphatic rings. The molecule has 0 bridgehead atoms. The van der Waals surface area contributed by atoms with Crippen LogP contribution in [0.25, 0.3) is 0 Å². The molecular formula is C20H28N2O4. The molecule has 0 unspecified atom stereocenters. The van der Waals surface area contributed by atoms with Gasteiger partial charge in [-0.2, -0.15) is 0 Å². The van der Waals surface area contributed by atoms with Crippen molar-refractivity contribution in [1.29, 1.82) is 0 Å². The zero-order valence-corrected chi connectivity index (χ0v) is 15.6. The number of rotatable bonds is 7. The number of likely N-dealkylation sites (tertiary alicyclic amines) is 1. The maximum absolute atomic E-state index is 12.2. The number of hydrogen-bond donors (Lipinski definition) is 1. The van der Waals surface area contributed by atoms with Crippen LogP contribution in [0.3, 0.4) is 0 Å². The highest BCUT2D eigenvalue weighted by Gasteiger charge is 2.23. The lowest BCUT2D eigenvalue weighted by Gasteiger charge is -2.32. The lowest BCUT2D eigenvalue weighted by Crippen LogP contribution is -2.39. The highest BCUT2D eigenvalue weighted by molar-refractivity contribution is 5.88. The van der Waals surface area contributed by atoms with Gasteiger partial charge in [-0.1, -0.05) is 12.1 Å². The summed E-state index contributed by atoms with van der Waals surface area (Å²) in [6.45, 7) is 5.10. The SMILES string of the molecule is CCOC(=O)CCC(=O)N1CCC(Cc2ccc(NC(C)=O)cc2)CC1. The fourth-order valence-electron chi connectivity index (χ4n) is 3.25. The van der Waals surface area contributed by atoms with Crippen LogP contribution in [-0.4, -0.2) is 42.4 Å². The summed E-state index contributed by atoms with van der Waals surface area (Å²) in [6, 6.07) is 7.93. The van der Waals surface area contributed by atoms with Crippen LogP contribution in [0.5, 0.6) is 0 Å². The Kier molecular flexibility index (Phi) is 7.63. The third kappa shape index (κ3) is 6.50. The van der Waals surface area contributed by atoms with Gasteiger partial charge in [0.15, 0.2) is 0 Å². The second-order valence-corrected chi connectivity index (χ2v) is 6.71. The first kappa shape index (κ1) is 19.9. The summed E-state index contributed by atoms with van der Waals surface area (Å²) in [5, 5.41) is 2.77. The van der Waals surface area contributed by atoms with Gasteiger partial charge in [-0.05, 0) is 49.8 Å². The minimum Gasteiger partial charge on any atom is -0.466 e. The third-order valence-electron chi connectivity index (χ3n) is 4.61. The van der Waals surface area contributed by atoms with E-state index in [2.05, 4.69) is 5.32 Å². The second-order valence-electron chi connectivity index (χ2n) is 6.71. The number of esters is 1. The van der Waals surface area contributed by atoms with E-state index in [1.54, 1.807) is 6.92 Å². The van der Waals surface area contributed by atoms with E-state index >= 15 is 0 Å². The van der Waals surface area contributed by atoms with E-state index < -0.39 is 0 Å². The van der Waals surface area contributed by atoms with Crippen molar-refractivity contribution in [1.82, 2.24) is 4.90 Å². The molecule has 0 aliphatic carbocycles. The molecule has 6 nitrogen and oxygen atoms in total. The smallest absolute Gasteiger partial charge is 0.306 e. The average Bonchev–Trinajstić information content (AvgIpc) is 2.62. The molecule has 1 aliphatic heterocycles. The quantitative estimate of drug-likeness (QED) is 0.759. The molecule has 2 rings (SSSR count). The van der Waals surface area contributed by atoms with E-state index in [1.807, 2.05) is 29.2 Å². The van der Waals surface area contributed by atoms with Crippen LogP contribution in [0.15, 0.2) is 24.3 Å². The molecule has 1 heterocycles. The van der Waals surface area contributed by atoms with E-state index in [0.29, 0.717) is 12.5 Å². The normalized spacial score (nSPS) is 14.8. The Balaban J connectivity index is 1.73. The maximum Gasteiger partial charge on any atom is 0.306 e. The Bertz CT molecular complexity index is 619. The Morgan fingerprint density at radius 2 is 1.77 bits per heavy atom. The Morgan fingerprint density at radius 3 is 2.35 bits per heavy atom.